The van der Waals surface area contributed by atoms with Crippen LogP contribution in [0.1, 0.15) is 30.9 Å². The Hall–Kier alpha value is -1.75. The second-order valence-electron chi connectivity index (χ2n) is 6.16. The Kier molecular flexibility index (Phi) is 6.07. The number of rotatable bonds is 7. The lowest BCUT2D eigenvalue weighted by molar-refractivity contribution is 0.304. The fourth-order valence-electron chi connectivity index (χ4n) is 2.60. The summed E-state index contributed by atoms with van der Waals surface area (Å²) in [4.78, 5) is 6.66. The number of methoxy groups -OCH3 is 1. The molecule has 1 aromatic carbocycles. The Morgan fingerprint density at radius 2 is 2.23 bits per heavy atom. The van der Waals surface area contributed by atoms with Crippen LogP contribution in [-0.2, 0) is 0 Å². The van der Waals surface area contributed by atoms with Gasteiger partial charge >= 0.3 is 0 Å². The molecule has 122 valence electrons. The fourth-order valence-corrected chi connectivity index (χ4v) is 2.60. The van der Waals surface area contributed by atoms with Gasteiger partial charge in [0.1, 0.15) is 5.75 Å². The molecule has 1 saturated carbocycles. The van der Waals surface area contributed by atoms with Crippen LogP contribution in [0.2, 0.25) is 0 Å². The molecule has 0 bridgehead atoms. The quantitative estimate of drug-likeness (QED) is 0.597. The molecule has 1 atom stereocenters. The summed E-state index contributed by atoms with van der Waals surface area (Å²) in [6.07, 6.45) is 3.97. The van der Waals surface area contributed by atoms with Crippen LogP contribution in [0.3, 0.4) is 0 Å². The number of ether oxygens (including phenoxy) is 1. The average molecular weight is 304 g/mol. The van der Waals surface area contributed by atoms with Crippen molar-refractivity contribution in [3.8, 4) is 5.75 Å². The zero-order valence-corrected chi connectivity index (χ0v) is 13.9. The molecule has 22 heavy (non-hydrogen) atoms. The molecule has 0 aromatic heterocycles. The zero-order chi connectivity index (χ0) is 15.9. The van der Waals surface area contributed by atoms with Crippen molar-refractivity contribution < 1.29 is 4.74 Å². The van der Waals surface area contributed by atoms with Gasteiger partial charge in [-0.1, -0.05) is 18.6 Å². The van der Waals surface area contributed by atoms with E-state index in [0.717, 1.165) is 18.2 Å². The van der Waals surface area contributed by atoms with E-state index in [1.807, 2.05) is 12.1 Å². The summed E-state index contributed by atoms with van der Waals surface area (Å²) in [5, 5.41) is 3.24. The third-order valence-electron chi connectivity index (χ3n) is 4.33. The number of benzene rings is 1. The van der Waals surface area contributed by atoms with E-state index in [9.17, 15) is 0 Å². The predicted octanol–water partition coefficient (Wildman–Crippen LogP) is 2.00. The normalized spacial score (nSPS) is 17.2. The van der Waals surface area contributed by atoms with E-state index in [-0.39, 0.29) is 6.04 Å². The minimum atomic E-state index is 0.180. The van der Waals surface area contributed by atoms with Gasteiger partial charge in [-0.05, 0) is 50.6 Å². The van der Waals surface area contributed by atoms with Crippen LogP contribution in [0.25, 0.3) is 0 Å². The molecule has 1 aliphatic carbocycles. The van der Waals surface area contributed by atoms with Crippen LogP contribution in [0.5, 0.6) is 5.75 Å². The number of hydrogen-bond donors (Lipinski definition) is 2. The summed E-state index contributed by atoms with van der Waals surface area (Å²) in [6, 6.07) is 8.29. The Balaban J connectivity index is 1.95. The minimum Gasteiger partial charge on any atom is -0.497 e. The molecule has 0 radical (unpaired) electrons. The first-order valence-corrected chi connectivity index (χ1v) is 7.94. The van der Waals surface area contributed by atoms with E-state index in [2.05, 4.69) is 41.4 Å². The highest BCUT2D eigenvalue weighted by Gasteiger charge is 2.17. The molecule has 1 fully saturated rings. The fraction of sp³-hybridized carbons (Fsp3) is 0.588. The summed E-state index contributed by atoms with van der Waals surface area (Å²) < 4.78 is 5.30. The van der Waals surface area contributed by atoms with E-state index in [1.165, 1.54) is 24.8 Å². The lowest BCUT2D eigenvalue weighted by Gasteiger charge is -2.26. The predicted molar refractivity (Wildman–Crippen MR) is 91.3 cm³/mol. The molecule has 2 rings (SSSR count). The Labute approximate surface area is 133 Å². The Morgan fingerprint density at radius 1 is 1.45 bits per heavy atom. The van der Waals surface area contributed by atoms with Crippen molar-refractivity contribution in [2.24, 2.45) is 16.6 Å². The maximum absolute atomic E-state index is 5.98. The van der Waals surface area contributed by atoms with Crippen LogP contribution in [0.4, 0.5) is 0 Å². The van der Waals surface area contributed by atoms with Gasteiger partial charge in [0.05, 0.1) is 19.7 Å². The number of hydrogen-bond acceptors (Lipinski definition) is 3. The standard InChI is InChI=1S/C17H28N4O/c1-21(2)16(14-8-5-9-15(10-14)22-3)12-20-17(18)19-11-13-6-4-7-13/h5,8-10,13,16H,4,6-7,11-12H2,1-3H3,(H3,18,19,20). The first-order valence-electron chi connectivity index (χ1n) is 7.94. The van der Waals surface area contributed by atoms with Crippen LogP contribution in [0.15, 0.2) is 29.3 Å². The largest absolute Gasteiger partial charge is 0.497 e. The molecule has 0 saturated heterocycles. The summed E-state index contributed by atoms with van der Waals surface area (Å²) in [6.45, 7) is 1.57. The molecule has 5 nitrogen and oxygen atoms in total. The average Bonchev–Trinajstić information content (AvgIpc) is 2.45. The Morgan fingerprint density at radius 3 is 2.82 bits per heavy atom. The number of likely N-dealkylation sites (N-methyl/N-ethyl adjacent to an activating group) is 1. The molecule has 0 aliphatic heterocycles. The molecule has 1 unspecified atom stereocenters. The number of guanidine groups is 1. The van der Waals surface area contributed by atoms with Gasteiger partial charge in [0.25, 0.3) is 0 Å². The number of nitrogens with zero attached hydrogens (tertiary/aromatic N) is 2. The summed E-state index contributed by atoms with van der Waals surface area (Å²) in [7, 11) is 5.79. The maximum atomic E-state index is 5.98. The summed E-state index contributed by atoms with van der Waals surface area (Å²) in [5.74, 6) is 2.18. The first kappa shape index (κ1) is 16.6. The van der Waals surface area contributed by atoms with Crippen molar-refractivity contribution in [3.05, 3.63) is 29.8 Å². The molecule has 0 amide bonds. The summed E-state index contributed by atoms with van der Waals surface area (Å²) >= 11 is 0. The minimum absolute atomic E-state index is 0.180. The molecule has 5 heteroatoms. The van der Waals surface area contributed by atoms with Gasteiger partial charge < -0.3 is 20.7 Å². The van der Waals surface area contributed by atoms with Gasteiger partial charge in [0.15, 0.2) is 5.96 Å². The van der Waals surface area contributed by atoms with Crippen molar-refractivity contribution in [3.63, 3.8) is 0 Å². The smallest absolute Gasteiger partial charge is 0.188 e. The third-order valence-corrected chi connectivity index (χ3v) is 4.33. The van der Waals surface area contributed by atoms with Crippen LogP contribution < -0.4 is 15.8 Å². The molecule has 3 N–H and O–H groups in total. The van der Waals surface area contributed by atoms with Crippen LogP contribution in [-0.4, -0.2) is 45.2 Å². The number of nitrogens with two attached hydrogens (primary N) is 1. The first-order chi connectivity index (χ1) is 10.6. The lowest BCUT2D eigenvalue weighted by Crippen LogP contribution is -2.38. The highest BCUT2D eigenvalue weighted by molar-refractivity contribution is 5.77. The number of nitrogens with one attached hydrogen (secondary N) is 1. The second kappa shape index (κ2) is 8.03. The zero-order valence-electron chi connectivity index (χ0n) is 13.9. The van der Waals surface area contributed by atoms with Gasteiger partial charge in [-0.3, -0.25) is 4.99 Å². The molecular formula is C17H28N4O. The monoisotopic (exact) mass is 304 g/mol. The van der Waals surface area contributed by atoms with E-state index in [0.29, 0.717) is 12.5 Å². The van der Waals surface area contributed by atoms with Gasteiger partial charge in [-0.15, -0.1) is 0 Å². The Bertz CT molecular complexity index is 497. The van der Waals surface area contributed by atoms with Gasteiger partial charge in [0.2, 0.25) is 0 Å². The highest BCUT2D eigenvalue weighted by atomic mass is 16.5. The second-order valence-corrected chi connectivity index (χ2v) is 6.16. The van der Waals surface area contributed by atoms with E-state index in [4.69, 9.17) is 10.5 Å². The number of aliphatic imine (C=N–C) groups is 1. The van der Waals surface area contributed by atoms with Crippen LogP contribution in [0, 0.1) is 5.92 Å². The van der Waals surface area contributed by atoms with Gasteiger partial charge in [0, 0.05) is 6.54 Å². The molecule has 0 heterocycles. The molecule has 1 aromatic rings. The SMILES string of the molecule is COc1cccc(C(CN=C(N)NCC2CCC2)N(C)C)c1. The topological polar surface area (TPSA) is 62.9 Å². The van der Waals surface area contributed by atoms with Crippen molar-refractivity contribution in [2.45, 2.75) is 25.3 Å². The van der Waals surface area contributed by atoms with E-state index >= 15 is 0 Å². The van der Waals surface area contributed by atoms with Crippen molar-refractivity contribution >= 4 is 5.96 Å². The van der Waals surface area contributed by atoms with Gasteiger partial charge in [-0.25, -0.2) is 0 Å². The molecule has 0 spiro atoms. The molecular weight excluding hydrogens is 276 g/mol. The lowest BCUT2D eigenvalue weighted by atomic mass is 9.85. The third kappa shape index (κ3) is 4.63. The van der Waals surface area contributed by atoms with E-state index < -0.39 is 0 Å². The summed E-state index contributed by atoms with van der Waals surface area (Å²) in [5.41, 5.74) is 7.16. The maximum Gasteiger partial charge on any atom is 0.188 e. The highest BCUT2D eigenvalue weighted by Crippen LogP contribution is 2.25. The van der Waals surface area contributed by atoms with E-state index in [1.54, 1.807) is 7.11 Å². The van der Waals surface area contributed by atoms with Crippen LogP contribution >= 0.6 is 0 Å². The van der Waals surface area contributed by atoms with Crippen molar-refractivity contribution in [1.82, 2.24) is 10.2 Å². The van der Waals surface area contributed by atoms with Crippen molar-refractivity contribution in [2.75, 3.05) is 34.3 Å². The van der Waals surface area contributed by atoms with Gasteiger partial charge in [-0.2, -0.15) is 0 Å². The molecule has 1 aliphatic rings. The van der Waals surface area contributed by atoms with Crippen molar-refractivity contribution in [1.29, 1.82) is 0 Å².